The van der Waals surface area contributed by atoms with Crippen LogP contribution in [-0.2, 0) is 0 Å². The summed E-state index contributed by atoms with van der Waals surface area (Å²) < 4.78 is 6.67. The maximum Gasteiger partial charge on any atom is 0.143 e. The van der Waals surface area contributed by atoms with Crippen molar-refractivity contribution < 1.29 is 4.42 Å². The van der Waals surface area contributed by atoms with Crippen LogP contribution in [0, 0.1) is 0 Å². The summed E-state index contributed by atoms with van der Waals surface area (Å²) in [6, 6.07) is 56.7. The number of para-hydroxylation sites is 1. The number of rotatable bonds is 3. The Kier molecular flexibility index (Phi) is 5.27. The Bertz CT molecular complexity index is 2440. The fourth-order valence-corrected chi connectivity index (χ4v) is 7.04. The van der Waals surface area contributed by atoms with Gasteiger partial charge in [-0.05, 0) is 72.3 Å². The third-order valence-corrected chi connectivity index (χ3v) is 8.87. The van der Waals surface area contributed by atoms with Crippen LogP contribution in [0.1, 0.15) is 0 Å². The van der Waals surface area contributed by atoms with Gasteiger partial charge in [-0.15, -0.1) is 0 Å². The highest BCUT2D eigenvalue weighted by Crippen LogP contribution is 2.49. The molecule has 0 N–H and O–H groups in total. The van der Waals surface area contributed by atoms with Gasteiger partial charge in [0, 0.05) is 16.3 Å². The maximum absolute atomic E-state index is 6.67. The molecule has 0 saturated heterocycles. The molecule has 0 fully saturated rings. The van der Waals surface area contributed by atoms with Crippen LogP contribution in [0.5, 0.6) is 0 Å². The molecule has 0 bridgehead atoms. The van der Waals surface area contributed by atoms with E-state index in [1.165, 1.54) is 54.6 Å². The van der Waals surface area contributed by atoms with Crippen LogP contribution in [0.3, 0.4) is 0 Å². The van der Waals surface area contributed by atoms with Gasteiger partial charge in [0.2, 0.25) is 0 Å². The molecule has 9 rings (SSSR count). The quantitative estimate of drug-likeness (QED) is 0.201. The first kappa shape index (κ1) is 24.0. The van der Waals surface area contributed by atoms with Crippen LogP contribution >= 0.6 is 0 Å². The zero-order valence-corrected chi connectivity index (χ0v) is 23.4. The third kappa shape index (κ3) is 3.58. The lowest BCUT2D eigenvalue weighted by molar-refractivity contribution is 0.670. The Morgan fingerprint density at radius 3 is 1.53 bits per heavy atom. The lowest BCUT2D eigenvalue weighted by atomic mass is 9.82. The van der Waals surface area contributed by atoms with Crippen molar-refractivity contribution in [1.82, 2.24) is 0 Å². The fourth-order valence-electron chi connectivity index (χ4n) is 7.04. The molecule has 0 atom stereocenters. The van der Waals surface area contributed by atoms with E-state index >= 15 is 0 Å². The molecule has 0 spiro atoms. The van der Waals surface area contributed by atoms with Gasteiger partial charge in [0.05, 0.1) is 0 Å². The number of hydrogen-bond donors (Lipinski definition) is 0. The van der Waals surface area contributed by atoms with Gasteiger partial charge in [-0.25, -0.2) is 0 Å². The van der Waals surface area contributed by atoms with E-state index in [9.17, 15) is 0 Å². The summed E-state index contributed by atoms with van der Waals surface area (Å²) in [7, 11) is 0. The lowest BCUT2D eigenvalue weighted by Crippen LogP contribution is -1.93. The van der Waals surface area contributed by atoms with E-state index in [0.29, 0.717) is 0 Å². The van der Waals surface area contributed by atoms with Gasteiger partial charge in [-0.2, -0.15) is 0 Å². The van der Waals surface area contributed by atoms with E-state index in [1.807, 2.05) is 6.07 Å². The number of benzene rings is 8. The largest absolute Gasteiger partial charge is 0.455 e. The predicted octanol–water partition coefficient (Wildman–Crippen LogP) is 12.0. The van der Waals surface area contributed by atoms with Gasteiger partial charge < -0.3 is 4.42 Å². The minimum atomic E-state index is 0.910. The smallest absolute Gasteiger partial charge is 0.143 e. The van der Waals surface area contributed by atoms with Gasteiger partial charge in [-0.3, -0.25) is 0 Å². The minimum absolute atomic E-state index is 0.910. The van der Waals surface area contributed by atoms with E-state index in [1.54, 1.807) is 0 Å². The summed E-state index contributed by atoms with van der Waals surface area (Å²) in [6.45, 7) is 0. The van der Waals surface area contributed by atoms with Crippen molar-refractivity contribution >= 4 is 54.3 Å². The average Bonchev–Trinajstić information content (AvgIpc) is 3.46. The van der Waals surface area contributed by atoms with E-state index in [0.717, 1.165) is 33.1 Å². The number of hydrogen-bond acceptors (Lipinski definition) is 1. The summed E-state index contributed by atoms with van der Waals surface area (Å²) in [5.74, 6) is 0. The second-order valence-electron chi connectivity index (χ2n) is 11.2. The van der Waals surface area contributed by atoms with E-state index in [4.69, 9.17) is 4.42 Å². The Labute approximate surface area is 249 Å². The molecule has 200 valence electrons. The fraction of sp³-hybridized carbons (Fsp3) is 0. The molecular weight excluding hydrogens is 520 g/mol. The van der Waals surface area contributed by atoms with Gasteiger partial charge in [0.15, 0.2) is 0 Å². The van der Waals surface area contributed by atoms with Crippen molar-refractivity contribution in [2.24, 2.45) is 0 Å². The van der Waals surface area contributed by atoms with Crippen LogP contribution in [-0.4, -0.2) is 0 Å². The van der Waals surface area contributed by atoms with E-state index < -0.39 is 0 Å². The van der Waals surface area contributed by atoms with Crippen molar-refractivity contribution in [2.75, 3.05) is 0 Å². The van der Waals surface area contributed by atoms with Gasteiger partial charge in [-0.1, -0.05) is 146 Å². The number of fused-ring (bicyclic) bond motifs is 6. The topological polar surface area (TPSA) is 13.1 Å². The molecule has 1 heteroatoms. The van der Waals surface area contributed by atoms with Crippen molar-refractivity contribution in [2.45, 2.75) is 0 Å². The highest BCUT2D eigenvalue weighted by molar-refractivity contribution is 6.25. The van der Waals surface area contributed by atoms with Crippen LogP contribution in [0.25, 0.3) is 87.6 Å². The lowest BCUT2D eigenvalue weighted by Gasteiger charge is -2.20. The monoisotopic (exact) mass is 546 g/mol. The molecule has 1 aromatic heterocycles. The molecule has 1 heterocycles. The minimum Gasteiger partial charge on any atom is -0.455 e. The molecule has 0 unspecified atom stereocenters. The molecule has 0 saturated carbocycles. The van der Waals surface area contributed by atoms with Crippen molar-refractivity contribution in [1.29, 1.82) is 0 Å². The Morgan fingerprint density at radius 1 is 0.302 bits per heavy atom. The summed E-state index contributed by atoms with van der Waals surface area (Å²) in [5, 5.41) is 9.75. The summed E-state index contributed by atoms with van der Waals surface area (Å²) in [6.07, 6.45) is 0. The molecule has 0 aliphatic carbocycles. The molecule has 9 aromatic rings. The molecule has 8 aromatic carbocycles. The second kappa shape index (κ2) is 9.44. The zero-order chi connectivity index (χ0) is 28.3. The van der Waals surface area contributed by atoms with Crippen molar-refractivity contribution in [3.8, 4) is 33.4 Å². The highest BCUT2D eigenvalue weighted by atomic mass is 16.3. The summed E-state index contributed by atoms with van der Waals surface area (Å²) in [5.41, 5.74) is 9.05. The molecule has 0 aliphatic heterocycles. The Balaban J connectivity index is 1.47. The SMILES string of the molecule is c1ccc(-c2c(-c3c4ccccc4c(-c4cccc5ccccc45)c4ccccc34)ccc3c2oc2ccccc23)cc1. The van der Waals surface area contributed by atoms with Crippen LogP contribution in [0.2, 0.25) is 0 Å². The third-order valence-electron chi connectivity index (χ3n) is 8.87. The first-order valence-electron chi connectivity index (χ1n) is 14.8. The van der Waals surface area contributed by atoms with Crippen LogP contribution < -0.4 is 0 Å². The molecule has 0 amide bonds. The first-order chi connectivity index (χ1) is 21.4. The van der Waals surface area contributed by atoms with E-state index in [2.05, 4.69) is 152 Å². The Hall–Kier alpha value is -5.66. The van der Waals surface area contributed by atoms with Crippen LogP contribution in [0.4, 0.5) is 0 Å². The van der Waals surface area contributed by atoms with E-state index in [-0.39, 0.29) is 0 Å². The average molecular weight is 547 g/mol. The summed E-state index contributed by atoms with van der Waals surface area (Å²) >= 11 is 0. The normalized spacial score (nSPS) is 11.7. The van der Waals surface area contributed by atoms with Crippen LogP contribution in [0.15, 0.2) is 162 Å². The molecule has 0 aliphatic rings. The van der Waals surface area contributed by atoms with Gasteiger partial charge in [0.1, 0.15) is 11.2 Å². The highest BCUT2D eigenvalue weighted by Gasteiger charge is 2.22. The second-order valence-corrected chi connectivity index (χ2v) is 11.2. The molecule has 1 nitrogen and oxygen atoms in total. The van der Waals surface area contributed by atoms with Crippen molar-refractivity contribution in [3.63, 3.8) is 0 Å². The molecule has 43 heavy (non-hydrogen) atoms. The number of furan rings is 1. The molecular formula is C42H26O. The molecule has 0 radical (unpaired) electrons. The van der Waals surface area contributed by atoms with Crippen molar-refractivity contribution in [3.05, 3.63) is 158 Å². The summed E-state index contributed by atoms with van der Waals surface area (Å²) in [4.78, 5) is 0. The maximum atomic E-state index is 6.67. The zero-order valence-electron chi connectivity index (χ0n) is 23.4. The van der Waals surface area contributed by atoms with Gasteiger partial charge >= 0.3 is 0 Å². The van der Waals surface area contributed by atoms with Gasteiger partial charge in [0.25, 0.3) is 0 Å². The Morgan fingerprint density at radius 2 is 0.837 bits per heavy atom. The predicted molar refractivity (Wildman–Crippen MR) is 183 cm³/mol. The first-order valence-corrected chi connectivity index (χ1v) is 14.8. The standard InChI is InChI=1S/C42H26O/c1-2-14-28(15-3-1)39-37(26-25-36-30-18-10-11-24-38(30)43-42(36)39)41-34-21-8-6-19-32(34)40(33-20-7-9-22-35(33)41)31-23-12-16-27-13-4-5-17-29(27)31/h1-26H.